The van der Waals surface area contributed by atoms with Crippen molar-refractivity contribution in [2.45, 2.75) is 57.3 Å². The summed E-state index contributed by atoms with van der Waals surface area (Å²) in [5.41, 5.74) is -0.571. The Bertz CT molecular complexity index is 1100. The number of hydrogen-bond donors (Lipinski definition) is 1. The summed E-state index contributed by atoms with van der Waals surface area (Å²) < 4.78 is 47.2. The number of rotatable bonds is 9. The molecule has 10 nitrogen and oxygen atoms in total. The van der Waals surface area contributed by atoms with Crippen molar-refractivity contribution >= 4 is 50.4 Å². The summed E-state index contributed by atoms with van der Waals surface area (Å²) in [6.07, 6.45) is -1.02. The average molecular weight is 608 g/mol. The third-order valence-electron chi connectivity index (χ3n) is 4.57. The van der Waals surface area contributed by atoms with Gasteiger partial charge < -0.3 is 18.7 Å². The molecule has 1 N–H and O–H groups in total. The van der Waals surface area contributed by atoms with E-state index in [1.807, 2.05) is 43.4 Å². The van der Waals surface area contributed by atoms with Crippen molar-refractivity contribution in [3.05, 3.63) is 33.4 Å². The fraction of sp³-hybridized carbons (Fsp3) is 0.500. The smallest absolute Gasteiger partial charge is 0.415 e. The summed E-state index contributed by atoms with van der Waals surface area (Å²) in [4.78, 5) is 23.3. The molecule has 0 aliphatic carbocycles. The first kappa shape index (κ1) is 27.9. The van der Waals surface area contributed by atoms with Crippen LogP contribution in [0, 0.1) is 9.49 Å². The second-order valence-electron chi connectivity index (χ2n) is 8.78. The topological polar surface area (TPSA) is 134 Å². The molecule has 0 fully saturated rings. The number of nitrogens with zero attached hydrogens (tertiary/aromatic N) is 1. The van der Waals surface area contributed by atoms with Crippen LogP contribution in [0.2, 0.25) is 0 Å². The number of carbonyl (C=O) groups excluding carboxylic acids is 2. The largest absolute Gasteiger partial charge is 0.471 e. The van der Waals surface area contributed by atoms with E-state index in [0.29, 0.717) is 3.57 Å². The van der Waals surface area contributed by atoms with E-state index in [9.17, 15) is 18.0 Å². The molecule has 1 unspecified atom stereocenters. The number of ether oxygens (including phenoxy) is 3. The maximum absolute atomic E-state index is 13.2. The van der Waals surface area contributed by atoms with Crippen LogP contribution in [0.5, 0.6) is 5.88 Å². The number of nitrogens with one attached hydrogen (secondary N) is 1. The minimum atomic E-state index is -3.97. The molecule has 2 rings (SSSR count). The van der Waals surface area contributed by atoms with Crippen LogP contribution in [0.15, 0.2) is 33.7 Å². The molecule has 1 amide bonds. The van der Waals surface area contributed by atoms with Gasteiger partial charge in [0.1, 0.15) is 16.8 Å². The summed E-state index contributed by atoms with van der Waals surface area (Å²) in [7, 11) is -3.97. The number of halogens is 1. The van der Waals surface area contributed by atoms with Gasteiger partial charge in [-0.1, -0.05) is 46.8 Å². The Morgan fingerprint density at radius 3 is 2.29 bits per heavy atom. The first-order valence-corrected chi connectivity index (χ1v) is 13.1. The van der Waals surface area contributed by atoms with Gasteiger partial charge in [-0.25, -0.2) is 13.2 Å². The molecule has 188 valence electrons. The van der Waals surface area contributed by atoms with Gasteiger partial charge in [-0.15, -0.1) is 0 Å². The summed E-state index contributed by atoms with van der Waals surface area (Å²) in [6.45, 7) is 10.7. The molecule has 0 aliphatic rings. The van der Waals surface area contributed by atoms with Crippen LogP contribution in [0.3, 0.4) is 0 Å². The van der Waals surface area contributed by atoms with Gasteiger partial charge in [0.15, 0.2) is 0 Å². The molecule has 0 radical (unpaired) electrons. The molecule has 0 saturated carbocycles. The molecule has 2 aromatic rings. The van der Waals surface area contributed by atoms with Gasteiger partial charge in [0, 0.05) is 12.8 Å². The van der Waals surface area contributed by atoms with Crippen molar-refractivity contribution in [3.63, 3.8) is 0 Å². The van der Waals surface area contributed by atoms with E-state index in [-0.39, 0.29) is 35.3 Å². The van der Waals surface area contributed by atoms with Gasteiger partial charge in [-0.2, -0.15) is 0 Å². The third kappa shape index (κ3) is 7.32. The molecule has 0 aliphatic heterocycles. The highest BCUT2D eigenvalue weighted by Gasteiger charge is 2.34. The van der Waals surface area contributed by atoms with Gasteiger partial charge in [-0.05, 0) is 50.9 Å². The molecule has 0 saturated heterocycles. The van der Waals surface area contributed by atoms with Crippen molar-refractivity contribution in [2.75, 3.05) is 18.5 Å². The van der Waals surface area contributed by atoms with Crippen LogP contribution in [0.1, 0.15) is 47.1 Å². The summed E-state index contributed by atoms with van der Waals surface area (Å²) in [5, 5.41) is 6.04. The molecule has 1 heterocycles. The van der Waals surface area contributed by atoms with E-state index in [2.05, 4.69) is 10.5 Å². The van der Waals surface area contributed by atoms with E-state index in [1.54, 1.807) is 26.0 Å². The zero-order valence-corrected chi connectivity index (χ0v) is 22.9. The second kappa shape index (κ2) is 11.4. The van der Waals surface area contributed by atoms with Gasteiger partial charge in [-0.3, -0.25) is 10.1 Å². The lowest BCUT2D eigenvalue weighted by atomic mass is 9.87. The highest BCUT2D eigenvalue weighted by molar-refractivity contribution is 14.1. The van der Waals surface area contributed by atoms with Gasteiger partial charge in [0.05, 0.1) is 4.90 Å². The van der Waals surface area contributed by atoms with Gasteiger partial charge >= 0.3 is 12.1 Å². The van der Waals surface area contributed by atoms with Crippen molar-refractivity contribution in [1.82, 2.24) is 5.16 Å². The maximum Gasteiger partial charge on any atom is 0.415 e. The van der Waals surface area contributed by atoms with Crippen molar-refractivity contribution in [2.24, 2.45) is 5.92 Å². The van der Waals surface area contributed by atoms with Crippen molar-refractivity contribution < 1.29 is 36.7 Å². The van der Waals surface area contributed by atoms with Crippen LogP contribution in [0.25, 0.3) is 0 Å². The van der Waals surface area contributed by atoms with E-state index >= 15 is 0 Å². The fourth-order valence-electron chi connectivity index (χ4n) is 2.82. The standard InChI is InChI=1S/C22H29IN2O8S/c1-13(2)20(34(28,29)16-9-7-15(8-10-16)22(4,5)6)32-21(27)24-18-17(23)19(25-33-18)31-12-11-30-14(3)26/h7-10,13,20H,11-12H2,1-6H3,(H,24,27). The summed E-state index contributed by atoms with van der Waals surface area (Å²) in [5.74, 6) is -0.951. The Hall–Kier alpha value is -2.35. The molecule has 12 heteroatoms. The van der Waals surface area contributed by atoms with Gasteiger partial charge in [0.25, 0.3) is 11.8 Å². The molecule has 1 aromatic heterocycles. The summed E-state index contributed by atoms with van der Waals surface area (Å²) in [6, 6.07) is 6.55. The Morgan fingerprint density at radius 2 is 1.76 bits per heavy atom. The average Bonchev–Trinajstić information content (AvgIpc) is 3.07. The van der Waals surface area contributed by atoms with E-state index in [4.69, 9.17) is 18.7 Å². The number of sulfone groups is 1. The van der Waals surface area contributed by atoms with Gasteiger partial charge in [0.2, 0.25) is 15.3 Å². The predicted octanol–water partition coefficient (Wildman–Crippen LogP) is 4.52. The number of aromatic nitrogens is 1. The molecular formula is C22H29IN2O8S. The molecule has 1 atom stereocenters. The fourth-order valence-corrected chi connectivity index (χ4v) is 5.02. The number of benzene rings is 1. The molecule has 0 spiro atoms. The quantitative estimate of drug-likeness (QED) is 0.248. The predicted molar refractivity (Wildman–Crippen MR) is 132 cm³/mol. The van der Waals surface area contributed by atoms with E-state index in [1.165, 1.54) is 19.1 Å². The molecule has 34 heavy (non-hydrogen) atoms. The normalized spacial score (nSPS) is 12.8. The first-order chi connectivity index (χ1) is 15.7. The van der Waals surface area contributed by atoms with E-state index in [0.717, 1.165) is 5.56 Å². The number of esters is 1. The summed E-state index contributed by atoms with van der Waals surface area (Å²) >= 11 is 1.84. The van der Waals surface area contributed by atoms with Crippen LogP contribution in [0.4, 0.5) is 10.7 Å². The zero-order valence-electron chi connectivity index (χ0n) is 19.9. The molecular weight excluding hydrogens is 579 g/mol. The lowest BCUT2D eigenvalue weighted by Crippen LogP contribution is -2.34. The van der Waals surface area contributed by atoms with Crippen molar-refractivity contribution in [1.29, 1.82) is 0 Å². The minimum Gasteiger partial charge on any atom is -0.471 e. The Labute approximate surface area is 212 Å². The highest BCUT2D eigenvalue weighted by atomic mass is 127. The van der Waals surface area contributed by atoms with Crippen LogP contribution in [-0.2, 0) is 29.5 Å². The zero-order chi connectivity index (χ0) is 25.7. The number of anilines is 1. The Morgan fingerprint density at radius 1 is 1.15 bits per heavy atom. The second-order valence-corrected chi connectivity index (χ2v) is 11.9. The SMILES string of the molecule is CC(=O)OCCOc1noc(NC(=O)OC(C(C)C)S(=O)(=O)c2ccc(C(C)(C)C)cc2)c1I. The number of hydrogen-bond acceptors (Lipinski definition) is 9. The minimum absolute atomic E-state index is 0.0216. The van der Waals surface area contributed by atoms with Crippen LogP contribution in [-0.4, -0.2) is 44.3 Å². The Kier molecular flexibility index (Phi) is 9.34. The molecule has 0 bridgehead atoms. The molecule has 1 aromatic carbocycles. The third-order valence-corrected chi connectivity index (χ3v) is 7.70. The number of amides is 1. The monoisotopic (exact) mass is 608 g/mol. The van der Waals surface area contributed by atoms with E-state index < -0.39 is 33.3 Å². The Balaban J connectivity index is 2.10. The van der Waals surface area contributed by atoms with Crippen LogP contribution < -0.4 is 10.1 Å². The maximum atomic E-state index is 13.2. The number of carbonyl (C=O) groups is 2. The first-order valence-electron chi connectivity index (χ1n) is 10.5. The lowest BCUT2D eigenvalue weighted by molar-refractivity contribution is -0.141. The lowest BCUT2D eigenvalue weighted by Gasteiger charge is -2.23. The van der Waals surface area contributed by atoms with Crippen LogP contribution >= 0.6 is 22.6 Å². The highest BCUT2D eigenvalue weighted by Crippen LogP contribution is 2.30. The van der Waals surface area contributed by atoms with Crippen molar-refractivity contribution in [3.8, 4) is 5.88 Å².